The topological polar surface area (TPSA) is 72.9 Å². The largest absolute Gasteiger partial charge is 0.398 e. The molecule has 2 aromatic rings. The van der Waals surface area contributed by atoms with Gasteiger partial charge in [0.2, 0.25) is 0 Å². The van der Waals surface area contributed by atoms with Crippen LogP contribution in [0.15, 0.2) is 36.7 Å². The molecule has 5 heteroatoms. The van der Waals surface area contributed by atoms with Crippen molar-refractivity contribution in [1.82, 2.24) is 9.78 Å². The van der Waals surface area contributed by atoms with Gasteiger partial charge in [0.25, 0.3) is 5.91 Å². The van der Waals surface area contributed by atoms with Crippen molar-refractivity contribution < 1.29 is 4.79 Å². The Morgan fingerprint density at radius 3 is 2.81 bits per heavy atom. The fourth-order valence-electron chi connectivity index (χ4n) is 1.39. The number of hydrogen-bond acceptors (Lipinski definition) is 3. The first-order chi connectivity index (χ1) is 7.66. The number of aromatic nitrogens is 2. The van der Waals surface area contributed by atoms with Gasteiger partial charge in [0.05, 0.1) is 17.4 Å². The Morgan fingerprint density at radius 2 is 2.19 bits per heavy atom. The van der Waals surface area contributed by atoms with Crippen LogP contribution in [0.2, 0.25) is 0 Å². The Balaban J connectivity index is 2.18. The lowest BCUT2D eigenvalue weighted by Gasteiger charge is -2.04. The maximum atomic E-state index is 11.8. The highest BCUT2D eigenvalue weighted by Crippen LogP contribution is 2.13. The zero-order valence-electron chi connectivity index (χ0n) is 8.84. The molecule has 3 N–H and O–H groups in total. The van der Waals surface area contributed by atoms with Gasteiger partial charge in [0, 0.05) is 18.9 Å². The van der Waals surface area contributed by atoms with Gasteiger partial charge in [-0.2, -0.15) is 5.10 Å². The van der Waals surface area contributed by atoms with E-state index >= 15 is 0 Å². The molecular formula is C11H12N4O. The van der Waals surface area contributed by atoms with Crippen molar-refractivity contribution in [3.63, 3.8) is 0 Å². The fourth-order valence-corrected chi connectivity index (χ4v) is 1.39. The van der Waals surface area contributed by atoms with E-state index in [9.17, 15) is 4.79 Å². The lowest BCUT2D eigenvalue weighted by Crippen LogP contribution is -2.13. The summed E-state index contributed by atoms with van der Waals surface area (Å²) < 4.78 is 1.62. The number of carbonyl (C=O) groups excluding carboxylic acids is 1. The number of rotatable bonds is 2. The van der Waals surface area contributed by atoms with E-state index in [2.05, 4.69) is 10.4 Å². The minimum absolute atomic E-state index is 0.230. The molecule has 16 heavy (non-hydrogen) atoms. The van der Waals surface area contributed by atoms with Crippen molar-refractivity contribution in [2.24, 2.45) is 7.05 Å². The van der Waals surface area contributed by atoms with Gasteiger partial charge in [-0.3, -0.25) is 9.48 Å². The van der Waals surface area contributed by atoms with Gasteiger partial charge < -0.3 is 11.1 Å². The molecular weight excluding hydrogens is 204 g/mol. The first-order valence-corrected chi connectivity index (χ1v) is 4.81. The first-order valence-electron chi connectivity index (χ1n) is 4.81. The molecule has 1 heterocycles. The van der Waals surface area contributed by atoms with Crippen molar-refractivity contribution in [1.29, 1.82) is 0 Å². The Labute approximate surface area is 92.9 Å². The van der Waals surface area contributed by atoms with E-state index in [0.717, 1.165) is 0 Å². The van der Waals surface area contributed by atoms with Gasteiger partial charge in [-0.1, -0.05) is 12.1 Å². The second kappa shape index (κ2) is 4.06. The molecule has 1 aromatic heterocycles. The number of carbonyl (C=O) groups is 1. The SMILES string of the molecule is Cn1cc(NC(=O)c2ccccc2N)cn1. The van der Waals surface area contributed by atoms with E-state index in [1.807, 2.05) is 0 Å². The predicted octanol–water partition coefficient (Wildman–Crippen LogP) is 1.25. The number of anilines is 2. The monoisotopic (exact) mass is 216 g/mol. The second-order valence-corrected chi connectivity index (χ2v) is 3.44. The third-order valence-corrected chi connectivity index (χ3v) is 2.17. The van der Waals surface area contributed by atoms with Crippen LogP contribution in [0.3, 0.4) is 0 Å². The highest BCUT2D eigenvalue weighted by Gasteiger charge is 2.09. The van der Waals surface area contributed by atoms with Crippen LogP contribution in [-0.4, -0.2) is 15.7 Å². The number of nitrogens with two attached hydrogens (primary N) is 1. The zero-order chi connectivity index (χ0) is 11.5. The van der Waals surface area contributed by atoms with Crippen molar-refractivity contribution in [3.8, 4) is 0 Å². The third kappa shape index (κ3) is 2.03. The molecule has 0 radical (unpaired) electrons. The van der Waals surface area contributed by atoms with E-state index in [4.69, 9.17) is 5.73 Å². The van der Waals surface area contributed by atoms with Crippen molar-refractivity contribution in [3.05, 3.63) is 42.2 Å². The Morgan fingerprint density at radius 1 is 1.44 bits per heavy atom. The predicted molar refractivity (Wildman–Crippen MR) is 62.0 cm³/mol. The van der Waals surface area contributed by atoms with Gasteiger partial charge in [0.1, 0.15) is 0 Å². The average Bonchev–Trinajstić information content (AvgIpc) is 2.64. The van der Waals surface area contributed by atoms with Crippen LogP contribution in [0.1, 0.15) is 10.4 Å². The van der Waals surface area contributed by atoms with Crippen LogP contribution < -0.4 is 11.1 Å². The molecule has 1 amide bonds. The van der Waals surface area contributed by atoms with Gasteiger partial charge in [-0.25, -0.2) is 0 Å². The van der Waals surface area contributed by atoms with Crippen LogP contribution in [-0.2, 0) is 7.05 Å². The number of benzene rings is 1. The Hall–Kier alpha value is -2.30. The lowest BCUT2D eigenvalue weighted by atomic mass is 10.1. The molecule has 0 saturated carbocycles. The molecule has 0 saturated heterocycles. The molecule has 0 bridgehead atoms. The highest BCUT2D eigenvalue weighted by atomic mass is 16.1. The number of para-hydroxylation sites is 1. The van der Waals surface area contributed by atoms with Crippen LogP contribution >= 0.6 is 0 Å². The lowest BCUT2D eigenvalue weighted by molar-refractivity contribution is 0.102. The molecule has 0 aliphatic carbocycles. The zero-order valence-corrected chi connectivity index (χ0v) is 8.84. The summed E-state index contributed by atoms with van der Waals surface area (Å²) in [6.45, 7) is 0. The molecule has 0 spiro atoms. The molecule has 0 aliphatic heterocycles. The number of nitrogens with zero attached hydrogens (tertiary/aromatic N) is 2. The summed E-state index contributed by atoms with van der Waals surface area (Å²) in [6.07, 6.45) is 3.30. The standard InChI is InChI=1S/C11H12N4O/c1-15-7-8(6-13-15)14-11(16)9-4-2-3-5-10(9)12/h2-7H,12H2,1H3,(H,14,16). The summed E-state index contributed by atoms with van der Waals surface area (Å²) in [4.78, 5) is 11.8. The number of hydrogen-bond donors (Lipinski definition) is 2. The molecule has 0 aliphatic rings. The molecule has 0 unspecified atom stereocenters. The molecule has 0 atom stereocenters. The van der Waals surface area contributed by atoms with Crippen molar-refractivity contribution in [2.75, 3.05) is 11.1 Å². The quantitative estimate of drug-likeness (QED) is 0.742. The fraction of sp³-hybridized carbons (Fsp3) is 0.0909. The number of aryl methyl sites for hydroxylation is 1. The van der Waals surface area contributed by atoms with E-state index < -0.39 is 0 Å². The molecule has 2 rings (SSSR count). The second-order valence-electron chi connectivity index (χ2n) is 3.44. The number of nitrogen functional groups attached to an aromatic ring is 1. The minimum Gasteiger partial charge on any atom is -0.398 e. The third-order valence-electron chi connectivity index (χ3n) is 2.17. The van der Waals surface area contributed by atoms with Crippen molar-refractivity contribution >= 4 is 17.3 Å². The van der Waals surface area contributed by atoms with Crippen LogP contribution in [0.5, 0.6) is 0 Å². The molecule has 82 valence electrons. The highest BCUT2D eigenvalue weighted by molar-refractivity contribution is 6.07. The number of nitrogens with one attached hydrogen (secondary N) is 1. The average molecular weight is 216 g/mol. The summed E-state index contributed by atoms with van der Waals surface area (Å²) in [6, 6.07) is 6.93. The Bertz CT molecular complexity index is 518. The summed E-state index contributed by atoms with van der Waals surface area (Å²) in [7, 11) is 1.78. The van der Waals surface area contributed by atoms with E-state index in [-0.39, 0.29) is 5.91 Å². The normalized spacial score (nSPS) is 10.1. The first kappa shape index (κ1) is 10.2. The van der Waals surface area contributed by atoms with Crippen LogP contribution in [0.4, 0.5) is 11.4 Å². The van der Waals surface area contributed by atoms with Gasteiger partial charge in [0.15, 0.2) is 0 Å². The van der Waals surface area contributed by atoms with Crippen LogP contribution in [0, 0.1) is 0 Å². The maximum absolute atomic E-state index is 11.8. The number of amides is 1. The minimum atomic E-state index is -0.230. The van der Waals surface area contributed by atoms with Crippen LogP contribution in [0.25, 0.3) is 0 Å². The summed E-state index contributed by atoms with van der Waals surface area (Å²) >= 11 is 0. The Kier molecular flexibility index (Phi) is 2.59. The van der Waals surface area contributed by atoms with Crippen molar-refractivity contribution in [2.45, 2.75) is 0 Å². The van der Waals surface area contributed by atoms with Gasteiger partial charge in [-0.05, 0) is 12.1 Å². The van der Waals surface area contributed by atoms with Gasteiger partial charge in [-0.15, -0.1) is 0 Å². The van der Waals surface area contributed by atoms with E-state index in [0.29, 0.717) is 16.9 Å². The molecule has 1 aromatic carbocycles. The smallest absolute Gasteiger partial charge is 0.257 e. The van der Waals surface area contributed by atoms with E-state index in [1.54, 1.807) is 48.4 Å². The summed E-state index contributed by atoms with van der Waals surface area (Å²) in [5.74, 6) is -0.230. The summed E-state index contributed by atoms with van der Waals surface area (Å²) in [5, 5.41) is 6.67. The molecule has 0 fully saturated rings. The maximum Gasteiger partial charge on any atom is 0.257 e. The van der Waals surface area contributed by atoms with Gasteiger partial charge >= 0.3 is 0 Å². The van der Waals surface area contributed by atoms with E-state index in [1.165, 1.54) is 0 Å². The summed E-state index contributed by atoms with van der Waals surface area (Å²) in [5.41, 5.74) is 7.27. The molecule has 5 nitrogen and oxygen atoms in total.